The Morgan fingerprint density at radius 1 is 1.29 bits per heavy atom. The Kier molecular flexibility index (Phi) is 1.69. The van der Waals surface area contributed by atoms with Gasteiger partial charge in [-0.2, -0.15) is 10.5 Å². The zero-order chi connectivity index (χ0) is 10.2. The lowest BCUT2D eigenvalue weighted by atomic mass is 9.95. The van der Waals surface area contributed by atoms with Crippen molar-refractivity contribution in [1.29, 1.82) is 10.5 Å². The van der Waals surface area contributed by atoms with E-state index in [2.05, 4.69) is 6.07 Å². The van der Waals surface area contributed by atoms with Crippen molar-refractivity contribution in [2.45, 2.75) is 18.3 Å². The van der Waals surface area contributed by atoms with Crippen LogP contribution in [0, 0.1) is 22.7 Å². The summed E-state index contributed by atoms with van der Waals surface area (Å²) in [5.41, 5.74) is 0.551. The van der Waals surface area contributed by atoms with Crippen LogP contribution in [0.4, 0.5) is 0 Å². The predicted octanol–water partition coefficient (Wildman–Crippen LogP) is 1.82. The molecule has 0 heterocycles. The van der Waals surface area contributed by atoms with Gasteiger partial charge >= 0.3 is 0 Å². The van der Waals surface area contributed by atoms with Gasteiger partial charge in [-0.25, -0.2) is 0 Å². The Hall–Kier alpha value is -2.00. The molecule has 1 aromatic carbocycles. The molecule has 0 unspecified atom stereocenters. The maximum atomic E-state index is 9.58. The number of benzene rings is 1. The lowest BCUT2D eigenvalue weighted by molar-refractivity contribution is 0.465. The van der Waals surface area contributed by atoms with Crippen molar-refractivity contribution in [1.82, 2.24) is 0 Å². The van der Waals surface area contributed by atoms with Crippen LogP contribution in [0.15, 0.2) is 18.2 Å². The van der Waals surface area contributed by atoms with Crippen LogP contribution in [0.5, 0.6) is 5.75 Å². The van der Waals surface area contributed by atoms with Crippen LogP contribution >= 0.6 is 0 Å². The van der Waals surface area contributed by atoms with Crippen LogP contribution in [0.3, 0.4) is 0 Å². The molecule has 0 aliphatic heterocycles. The average Bonchev–Trinajstić information content (AvgIpc) is 2.99. The second-order valence-electron chi connectivity index (χ2n) is 3.54. The second-order valence-corrected chi connectivity index (χ2v) is 3.54. The molecule has 1 saturated carbocycles. The van der Waals surface area contributed by atoms with Gasteiger partial charge in [-0.1, -0.05) is 0 Å². The fourth-order valence-corrected chi connectivity index (χ4v) is 1.56. The monoisotopic (exact) mass is 184 g/mol. The second kappa shape index (κ2) is 2.75. The Balaban J connectivity index is 2.54. The minimum Gasteiger partial charge on any atom is -0.508 e. The van der Waals surface area contributed by atoms with Crippen molar-refractivity contribution in [2.24, 2.45) is 0 Å². The Morgan fingerprint density at radius 2 is 2.00 bits per heavy atom. The van der Waals surface area contributed by atoms with E-state index < -0.39 is 5.41 Å². The Bertz CT molecular complexity index is 461. The Labute approximate surface area is 81.8 Å². The molecule has 68 valence electrons. The molecule has 0 amide bonds. The summed E-state index contributed by atoms with van der Waals surface area (Å²) in [5.74, 6) is 0.114. The van der Waals surface area contributed by atoms with Gasteiger partial charge in [-0.15, -0.1) is 0 Å². The van der Waals surface area contributed by atoms with Gasteiger partial charge in [0.1, 0.15) is 5.75 Å². The van der Waals surface area contributed by atoms with Crippen LogP contribution in [0.25, 0.3) is 0 Å². The fraction of sp³-hybridized carbons (Fsp3) is 0.273. The molecule has 0 radical (unpaired) electrons. The minimum absolute atomic E-state index is 0.114. The molecule has 0 bridgehead atoms. The van der Waals surface area contributed by atoms with Gasteiger partial charge in [0.2, 0.25) is 0 Å². The molecule has 1 N–H and O–H groups in total. The zero-order valence-corrected chi connectivity index (χ0v) is 7.49. The van der Waals surface area contributed by atoms with Gasteiger partial charge in [0.05, 0.1) is 23.1 Å². The molecule has 1 aliphatic rings. The number of rotatable bonds is 1. The van der Waals surface area contributed by atoms with Crippen molar-refractivity contribution >= 4 is 0 Å². The number of hydrogen-bond acceptors (Lipinski definition) is 3. The third-order valence-corrected chi connectivity index (χ3v) is 2.61. The molecule has 2 rings (SSSR count). The molecule has 1 aromatic rings. The lowest BCUT2D eigenvalue weighted by Crippen LogP contribution is -2.03. The molecule has 14 heavy (non-hydrogen) atoms. The third-order valence-electron chi connectivity index (χ3n) is 2.61. The van der Waals surface area contributed by atoms with Crippen LogP contribution in [0.1, 0.15) is 24.0 Å². The Morgan fingerprint density at radius 3 is 2.50 bits per heavy atom. The summed E-state index contributed by atoms with van der Waals surface area (Å²) >= 11 is 0. The van der Waals surface area contributed by atoms with E-state index in [1.54, 1.807) is 12.1 Å². The van der Waals surface area contributed by atoms with E-state index in [-0.39, 0.29) is 5.75 Å². The van der Waals surface area contributed by atoms with Crippen molar-refractivity contribution < 1.29 is 5.11 Å². The average molecular weight is 184 g/mol. The topological polar surface area (TPSA) is 67.8 Å². The van der Waals surface area contributed by atoms with Crippen molar-refractivity contribution in [3.63, 3.8) is 0 Å². The first-order chi connectivity index (χ1) is 6.72. The van der Waals surface area contributed by atoms with E-state index in [1.807, 2.05) is 6.07 Å². The van der Waals surface area contributed by atoms with Gasteiger partial charge in [-0.3, -0.25) is 0 Å². The van der Waals surface area contributed by atoms with E-state index in [9.17, 15) is 5.11 Å². The van der Waals surface area contributed by atoms with E-state index >= 15 is 0 Å². The third kappa shape index (κ3) is 1.11. The molecule has 1 fully saturated rings. The van der Waals surface area contributed by atoms with Crippen molar-refractivity contribution in [3.05, 3.63) is 29.3 Å². The van der Waals surface area contributed by atoms with Gasteiger partial charge in [0.15, 0.2) is 0 Å². The highest BCUT2D eigenvalue weighted by molar-refractivity contribution is 5.51. The standard InChI is InChI=1S/C11H8N2O/c12-6-8-1-2-10(14)9(5-8)11(7-13)3-4-11/h1-2,5,14H,3-4H2. The predicted molar refractivity (Wildman–Crippen MR) is 49.3 cm³/mol. The highest BCUT2D eigenvalue weighted by Crippen LogP contribution is 2.50. The first kappa shape index (κ1) is 8.59. The summed E-state index contributed by atoms with van der Waals surface area (Å²) in [6.45, 7) is 0. The fourth-order valence-electron chi connectivity index (χ4n) is 1.56. The summed E-state index contributed by atoms with van der Waals surface area (Å²) < 4.78 is 0. The summed E-state index contributed by atoms with van der Waals surface area (Å²) in [6, 6.07) is 8.82. The number of hydrogen-bond donors (Lipinski definition) is 1. The lowest BCUT2D eigenvalue weighted by Gasteiger charge is -2.08. The molecule has 3 heteroatoms. The maximum absolute atomic E-state index is 9.58. The van der Waals surface area contributed by atoms with Crippen LogP contribution in [-0.4, -0.2) is 5.11 Å². The molecule has 0 atom stereocenters. The first-order valence-corrected chi connectivity index (χ1v) is 4.37. The van der Waals surface area contributed by atoms with Crippen LogP contribution in [-0.2, 0) is 5.41 Å². The maximum Gasteiger partial charge on any atom is 0.120 e. The SMILES string of the molecule is N#Cc1ccc(O)c(C2(C#N)CC2)c1. The molecule has 0 saturated heterocycles. The quantitative estimate of drug-likeness (QED) is 0.723. The summed E-state index contributed by atoms with van der Waals surface area (Å²) in [7, 11) is 0. The first-order valence-electron chi connectivity index (χ1n) is 4.37. The van der Waals surface area contributed by atoms with Crippen LogP contribution in [0.2, 0.25) is 0 Å². The highest BCUT2D eigenvalue weighted by Gasteiger charge is 2.46. The van der Waals surface area contributed by atoms with E-state index in [0.717, 1.165) is 12.8 Å². The smallest absolute Gasteiger partial charge is 0.120 e. The number of aromatic hydroxyl groups is 1. The molecular weight excluding hydrogens is 176 g/mol. The van der Waals surface area contributed by atoms with Gasteiger partial charge < -0.3 is 5.11 Å². The van der Waals surface area contributed by atoms with Crippen molar-refractivity contribution in [2.75, 3.05) is 0 Å². The van der Waals surface area contributed by atoms with Gasteiger partial charge in [-0.05, 0) is 31.0 Å². The number of phenols is 1. The number of phenolic OH excluding ortho intramolecular Hbond substituents is 1. The highest BCUT2D eigenvalue weighted by atomic mass is 16.3. The molecule has 0 spiro atoms. The number of nitriles is 2. The molecular formula is C11H8N2O. The van der Waals surface area contributed by atoms with E-state index in [0.29, 0.717) is 11.1 Å². The largest absolute Gasteiger partial charge is 0.508 e. The molecule has 3 nitrogen and oxygen atoms in total. The van der Waals surface area contributed by atoms with Gasteiger partial charge in [0.25, 0.3) is 0 Å². The minimum atomic E-state index is -0.531. The summed E-state index contributed by atoms with van der Waals surface area (Å²) in [5, 5.41) is 27.2. The normalized spacial score (nSPS) is 16.7. The summed E-state index contributed by atoms with van der Waals surface area (Å²) in [6.07, 6.45) is 1.54. The van der Waals surface area contributed by atoms with E-state index in [4.69, 9.17) is 10.5 Å². The van der Waals surface area contributed by atoms with Crippen LogP contribution < -0.4 is 0 Å². The molecule has 1 aliphatic carbocycles. The zero-order valence-electron chi connectivity index (χ0n) is 7.49. The molecule has 0 aromatic heterocycles. The van der Waals surface area contributed by atoms with E-state index in [1.165, 1.54) is 6.07 Å². The summed E-state index contributed by atoms with van der Waals surface area (Å²) in [4.78, 5) is 0. The number of nitrogens with zero attached hydrogens (tertiary/aromatic N) is 2. The van der Waals surface area contributed by atoms with Gasteiger partial charge in [0, 0.05) is 5.56 Å². The van der Waals surface area contributed by atoms with Crippen molar-refractivity contribution in [3.8, 4) is 17.9 Å².